The van der Waals surface area contributed by atoms with E-state index in [-0.39, 0.29) is 16.2 Å². The summed E-state index contributed by atoms with van der Waals surface area (Å²) in [4.78, 5) is 21.3. The molecule has 0 bridgehead atoms. The normalized spacial score (nSPS) is 18.7. The number of rotatable bonds is 4. The second kappa shape index (κ2) is 8.46. The van der Waals surface area contributed by atoms with E-state index >= 15 is 0 Å². The highest BCUT2D eigenvalue weighted by Gasteiger charge is 2.42. The first-order valence-electron chi connectivity index (χ1n) is 8.89. The first-order valence-corrected chi connectivity index (χ1v) is 9.27. The Bertz CT molecular complexity index is 1070. The Kier molecular flexibility index (Phi) is 6.00. The van der Waals surface area contributed by atoms with E-state index < -0.39 is 23.7 Å². The number of benzene rings is 2. The van der Waals surface area contributed by atoms with Crippen molar-refractivity contribution in [3.05, 3.63) is 81.6 Å². The third kappa shape index (κ3) is 4.01. The van der Waals surface area contributed by atoms with Crippen LogP contribution in [0.3, 0.4) is 0 Å². The van der Waals surface area contributed by atoms with Gasteiger partial charge in [-0.3, -0.25) is 9.79 Å². The molecule has 1 amide bonds. The van der Waals surface area contributed by atoms with Crippen LogP contribution >= 0.6 is 11.6 Å². The fourth-order valence-electron chi connectivity index (χ4n) is 3.51. The maximum atomic E-state index is 14.8. The Balaban J connectivity index is 2.10. The van der Waals surface area contributed by atoms with E-state index in [0.717, 1.165) is 0 Å². The van der Waals surface area contributed by atoms with Crippen molar-refractivity contribution in [3.8, 4) is 5.75 Å². The van der Waals surface area contributed by atoms with Crippen molar-refractivity contribution in [2.24, 2.45) is 4.99 Å². The average molecular weight is 412 g/mol. The van der Waals surface area contributed by atoms with Crippen LogP contribution in [0.5, 0.6) is 5.75 Å². The fraction of sp³-hybridized carbons (Fsp3) is 0.227. The van der Waals surface area contributed by atoms with E-state index in [9.17, 15) is 9.18 Å². The zero-order valence-corrected chi connectivity index (χ0v) is 16.9. The smallest absolute Gasteiger partial charge is 0.272 e. The molecule has 2 atom stereocenters. The van der Waals surface area contributed by atoms with Crippen LogP contribution < -0.4 is 10.1 Å². The molecular formula is C22H19ClFN3O2. The van der Waals surface area contributed by atoms with Crippen molar-refractivity contribution in [3.63, 3.8) is 0 Å². The molecule has 1 aliphatic heterocycles. The Labute approximate surface area is 173 Å². The van der Waals surface area contributed by atoms with Gasteiger partial charge in [0.15, 0.2) is 0 Å². The molecule has 1 N–H and O–H groups in total. The van der Waals surface area contributed by atoms with Crippen molar-refractivity contribution in [2.75, 3.05) is 12.4 Å². The van der Waals surface area contributed by atoms with Gasteiger partial charge in [-0.2, -0.15) is 0 Å². The standard InChI is InChI=1S/C22H19ClFN3O2/c1-12-19(22(28)27-17-7-5-6-8-18(17)29-4)20(21(25-3)13(2)26-12)15-10-9-14(23)11-16(15)24/h5-11,20-21H,1-2,4H3,(H,27,28). The number of anilines is 1. The highest BCUT2D eigenvalue weighted by atomic mass is 35.5. The largest absolute Gasteiger partial charge is 0.495 e. The van der Waals surface area contributed by atoms with E-state index in [4.69, 9.17) is 22.9 Å². The number of amides is 1. The van der Waals surface area contributed by atoms with Crippen LogP contribution in [0, 0.1) is 12.4 Å². The average Bonchev–Trinajstić information content (AvgIpc) is 2.68. The third-order valence-electron chi connectivity index (χ3n) is 4.83. The number of hydrogen-bond donors (Lipinski definition) is 1. The topological polar surface area (TPSA) is 55.0 Å². The summed E-state index contributed by atoms with van der Waals surface area (Å²) in [6, 6.07) is 10.4. The van der Waals surface area contributed by atoms with Crippen LogP contribution in [0.25, 0.3) is 4.85 Å². The molecule has 0 aromatic heterocycles. The van der Waals surface area contributed by atoms with Crippen molar-refractivity contribution < 1.29 is 13.9 Å². The molecular weight excluding hydrogens is 393 g/mol. The van der Waals surface area contributed by atoms with Gasteiger partial charge in [-0.1, -0.05) is 29.8 Å². The fourth-order valence-corrected chi connectivity index (χ4v) is 3.66. The molecule has 148 valence electrons. The van der Waals surface area contributed by atoms with Crippen LogP contribution in [0.4, 0.5) is 10.1 Å². The Morgan fingerprint density at radius 3 is 2.66 bits per heavy atom. The number of halogens is 2. The quantitative estimate of drug-likeness (QED) is 0.699. The molecule has 1 heterocycles. The van der Waals surface area contributed by atoms with Gasteiger partial charge in [0.05, 0.1) is 24.1 Å². The van der Waals surface area contributed by atoms with Gasteiger partial charge in [-0.15, -0.1) is 0 Å². The summed E-state index contributed by atoms with van der Waals surface area (Å²) < 4.78 is 20.1. The summed E-state index contributed by atoms with van der Waals surface area (Å²) in [6.45, 7) is 11.0. The van der Waals surface area contributed by atoms with E-state index in [1.807, 2.05) is 0 Å². The molecule has 7 heteroatoms. The molecule has 0 saturated carbocycles. The minimum Gasteiger partial charge on any atom is -0.495 e. The summed E-state index contributed by atoms with van der Waals surface area (Å²) in [7, 11) is 1.50. The van der Waals surface area contributed by atoms with Crippen molar-refractivity contribution in [1.82, 2.24) is 0 Å². The number of carbonyl (C=O) groups excluding carboxylic acids is 1. The molecule has 0 fully saturated rings. The highest BCUT2D eigenvalue weighted by Crippen LogP contribution is 2.39. The Morgan fingerprint density at radius 1 is 1.28 bits per heavy atom. The lowest BCUT2D eigenvalue weighted by Gasteiger charge is -2.27. The lowest BCUT2D eigenvalue weighted by molar-refractivity contribution is -0.113. The first-order chi connectivity index (χ1) is 13.9. The monoisotopic (exact) mass is 411 g/mol. The van der Waals surface area contributed by atoms with Crippen LogP contribution in [-0.4, -0.2) is 24.8 Å². The zero-order valence-electron chi connectivity index (χ0n) is 16.2. The third-order valence-corrected chi connectivity index (χ3v) is 5.06. The van der Waals surface area contributed by atoms with Gasteiger partial charge in [-0.25, -0.2) is 11.0 Å². The molecule has 3 rings (SSSR count). The maximum absolute atomic E-state index is 14.8. The molecule has 2 aromatic carbocycles. The number of allylic oxidation sites excluding steroid dienone is 1. The predicted octanol–water partition coefficient (Wildman–Crippen LogP) is 5.25. The predicted molar refractivity (Wildman–Crippen MR) is 112 cm³/mol. The van der Waals surface area contributed by atoms with E-state index in [2.05, 4.69) is 15.2 Å². The van der Waals surface area contributed by atoms with Crippen molar-refractivity contribution in [1.29, 1.82) is 0 Å². The van der Waals surface area contributed by atoms with Crippen molar-refractivity contribution >= 4 is 28.9 Å². The number of nitrogens with zero attached hydrogens (tertiary/aromatic N) is 2. The molecule has 0 saturated heterocycles. The second-order valence-corrected chi connectivity index (χ2v) is 7.06. The number of aliphatic imine (C=N–C) groups is 1. The molecule has 0 radical (unpaired) electrons. The lowest BCUT2D eigenvalue weighted by atomic mass is 9.79. The summed E-state index contributed by atoms with van der Waals surface area (Å²) in [6.07, 6.45) is 0. The van der Waals surface area contributed by atoms with E-state index in [0.29, 0.717) is 22.8 Å². The van der Waals surface area contributed by atoms with Crippen LogP contribution in [-0.2, 0) is 4.79 Å². The van der Waals surface area contributed by atoms with Gasteiger partial charge >= 0.3 is 0 Å². The lowest BCUT2D eigenvalue weighted by Crippen LogP contribution is -2.34. The summed E-state index contributed by atoms with van der Waals surface area (Å²) in [5.41, 5.74) is 1.92. The molecule has 2 unspecified atom stereocenters. The van der Waals surface area contributed by atoms with Crippen LogP contribution in [0.15, 0.2) is 58.7 Å². The van der Waals surface area contributed by atoms with Crippen molar-refractivity contribution in [2.45, 2.75) is 25.8 Å². The van der Waals surface area contributed by atoms with Gasteiger partial charge in [0.1, 0.15) is 17.5 Å². The molecule has 29 heavy (non-hydrogen) atoms. The molecule has 5 nitrogen and oxygen atoms in total. The minimum atomic E-state index is -0.808. The highest BCUT2D eigenvalue weighted by molar-refractivity contribution is 6.30. The zero-order chi connectivity index (χ0) is 21.1. The van der Waals surface area contributed by atoms with Crippen LogP contribution in [0.1, 0.15) is 25.3 Å². The SMILES string of the molecule is [C-]#[N+]C1C(C)=NC(C)=C(C(=O)Nc2ccccc2OC)C1c1ccc(Cl)cc1F. The number of hydrogen-bond acceptors (Lipinski definition) is 3. The molecule has 0 spiro atoms. The minimum absolute atomic E-state index is 0.231. The molecule has 1 aliphatic rings. The second-order valence-electron chi connectivity index (χ2n) is 6.62. The van der Waals surface area contributed by atoms with Gasteiger partial charge in [0.2, 0.25) is 0 Å². The Hall–Kier alpha value is -3.17. The van der Waals surface area contributed by atoms with E-state index in [1.165, 1.54) is 19.2 Å². The maximum Gasteiger partial charge on any atom is 0.272 e. The summed E-state index contributed by atoms with van der Waals surface area (Å²) >= 11 is 5.89. The van der Waals surface area contributed by atoms with Crippen LogP contribution in [0.2, 0.25) is 5.02 Å². The number of ether oxygens (including phenoxy) is 1. The summed E-state index contributed by atoms with van der Waals surface area (Å²) in [5.74, 6) is -1.35. The molecule has 0 aliphatic carbocycles. The van der Waals surface area contributed by atoms with Gasteiger partial charge in [-0.05, 0) is 38.1 Å². The number of methoxy groups -OCH3 is 1. The first kappa shape index (κ1) is 20.6. The van der Waals surface area contributed by atoms with Gasteiger partial charge in [0.25, 0.3) is 11.9 Å². The van der Waals surface area contributed by atoms with E-state index in [1.54, 1.807) is 44.2 Å². The van der Waals surface area contributed by atoms with Gasteiger partial charge < -0.3 is 14.9 Å². The van der Waals surface area contributed by atoms with Gasteiger partial charge in [0, 0.05) is 16.3 Å². The molecule has 2 aromatic rings. The number of nitrogens with one attached hydrogen (secondary N) is 1. The number of para-hydroxylation sites is 2. The Morgan fingerprint density at radius 2 is 2.00 bits per heavy atom. The summed E-state index contributed by atoms with van der Waals surface area (Å²) in [5, 5.41) is 3.05. The number of carbonyl (C=O) groups is 1.